The molecule has 0 aliphatic heterocycles. The molecule has 0 aliphatic carbocycles. The van der Waals surface area contributed by atoms with Crippen molar-refractivity contribution in [2.24, 2.45) is 0 Å². The lowest BCUT2D eigenvalue weighted by Gasteiger charge is -2.11. The van der Waals surface area contributed by atoms with Gasteiger partial charge < -0.3 is 14.3 Å². The molecule has 4 N–H and O–H groups in total. The van der Waals surface area contributed by atoms with Crippen LogP contribution in [-0.2, 0) is 0 Å². The molecule has 3 heterocycles. The van der Waals surface area contributed by atoms with Crippen LogP contribution >= 0.6 is 0 Å². The minimum atomic E-state index is -1.46. The number of nitrogens with zero attached hydrogens (tertiary/aromatic N) is 3. The second-order valence-corrected chi connectivity index (χ2v) is 6.76. The van der Waals surface area contributed by atoms with E-state index in [2.05, 4.69) is 26.4 Å². The molecule has 1 aromatic carbocycles. The molecule has 0 fully saturated rings. The van der Waals surface area contributed by atoms with Crippen molar-refractivity contribution in [1.29, 1.82) is 0 Å². The highest BCUT2D eigenvalue weighted by atomic mass is 16.5. The average Bonchev–Trinajstić information content (AvgIpc) is 3.51. The van der Waals surface area contributed by atoms with Gasteiger partial charge in [-0.1, -0.05) is 12.1 Å². The number of rotatable bonds is 6. The molecule has 0 atom stereocenters. The highest BCUT2D eigenvalue weighted by Crippen LogP contribution is 2.36. The molecule has 0 unspecified atom stereocenters. The first-order chi connectivity index (χ1) is 16.5. The summed E-state index contributed by atoms with van der Waals surface area (Å²) in [5, 5.41) is 13.5. The normalized spacial score (nSPS) is 10.4. The summed E-state index contributed by atoms with van der Waals surface area (Å²) in [4.78, 5) is 41.6. The molecular weight excluding hydrogens is 444 g/mol. The number of nitrogens with one attached hydrogen (secondary N) is 3. The average molecular weight is 462 g/mol. The predicted octanol–water partition coefficient (Wildman–Crippen LogP) is 2.51. The quantitative estimate of drug-likeness (QED) is 0.318. The Morgan fingerprint density at radius 1 is 1.06 bits per heavy atom. The van der Waals surface area contributed by atoms with E-state index in [-0.39, 0.29) is 28.3 Å². The van der Waals surface area contributed by atoms with Crippen molar-refractivity contribution in [2.75, 3.05) is 12.5 Å². The standard InChI is InChI=1S/C22H18N6O6/c1-33-15-7-2-5-13(11-15)17-18(16-8-4-10-34-16)26-28(27-22(31)32)19(17)21(30)25-24-20(29)14-6-3-9-23-12-14/h2-12,27H,1H3,(H,24,29)(H,25,30)(H,31,32). The Kier molecular flexibility index (Phi) is 6.21. The second-order valence-electron chi connectivity index (χ2n) is 6.76. The summed E-state index contributed by atoms with van der Waals surface area (Å²) in [7, 11) is 1.49. The SMILES string of the molecule is COc1cccc(-c2c(-c3ccco3)nn(NC(=O)O)c2C(=O)NNC(=O)c2cccnc2)c1. The Morgan fingerprint density at radius 2 is 1.88 bits per heavy atom. The Labute approximate surface area is 192 Å². The van der Waals surface area contributed by atoms with Crippen molar-refractivity contribution in [3.05, 3.63) is 78.4 Å². The maximum atomic E-state index is 13.2. The van der Waals surface area contributed by atoms with Gasteiger partial charge in [-0.2, -0.15) is 4.79 Å². The lowest BCUT2D eigenvalue weighted by Crippen LogP contribution is -2.43. The van der Waals surface area contributed by atoms with Crippen molar-refractivity contribution < 1.29 is 28.6 Å². The van der Waals surface area contributed by atoms with Gasteiger partial charge in [0.05, 0.1) is 18.9 Å². The van der Waals surface area contributed by atoms with Gasteiger partial charge in [-0.3, -0.25) is 25.4 Å². The molecule has 0 aliphatic rings. The zero-order chi connectivity index (χ0) is 24.1. The molecule has 0 saturated heterocycles. The zero-order valence-electron chi connectivity index (χ0n) is 17.7. The van der Waals surface area contributed by atoms with Crippen LogP contribution in [0.3, 0.4) is 0 Å². The monoisotopic (exact) mass is 462 g/mol. The van der Waals surface area contributed by atoms with Gasteiger partial charge in [0.1, 0.15) is 11.4 Å². The van der Waals surface area contributed by atoms with Crippen LogP contribution in [-0.4, -0.2) is 45.0 Å². The highest BCUT2D eigenvalue weighted by Gasteiger charge is 2.28. The number of carbonyl (C=O) groups excluding carboxylic acids is 2. The van der Waals surface area contributed by atoms with Gasteiger partial charge in [-0.25, -0.2) is 10.2 Å². The van der Waals surface area contributed by atoms with E-state index < -0.39 is 17.9 Å². The molecule has 0 radical (unpaired) electrons. The van der Waals surface area contributed by atoms with Crippen LogP contribution in [0, 0.1) is 0 Å². The Balaban J connectivity index is 1.79. The third-order valence-electron chi connectivity index (χ3n) is 4.63. The van der Waals surface area contributed by atoms with E-state index in [1.54, 1.807) is 42.5 Å². The van der Waals surface area contributed by atoms with E-state index in [1.807, 2.05) is 0 Å². The Hall–Kier alpha value is -5.13. The summed E-state index contributed by atoms with van der Waals surface area (Å²) >= 11 is 0. The summed E-state index contributed by atoms with van der Waals surface area (Å²) in [6.45, 7) is 0. The lowest BCUT2D eigenvalue weighted by atomic mass is 10.0. The third kappa shape index (κ3) is 4.55. The number of benzene rings is 1. The third-order valence-corrected chi connectivity index (χ3v) is 4.63. The maximum absolute atomic E-state index is 13.2. The lowest BCUT2D eigenvalue weighted by molar-refractivity contribution is 0.0841. The van der Waals surface area contributed by atoms with Crippen LogP contribution in [0.5, 0.6) is 5.75 Å². The van der Waals surface area contributed by atoms with Crippen molar-refractivity contribution in [1.82, 2.24) is 25.7 Å². The van der Waals surface area contributed by atoms with E-state index in [4.69, 9.17) is 9.15 Å². The first-order valence-corrected chi connectivity index (χ1v) is 9.80. The number of furan rings is 1. The number of aromatic nitrogens is 3. The number of amides is 3. The number of ether oxygens (including phenoxy) is 1. The van der Waals surface area contributed by atoms with E-state index in [1.165, 1.54) is 31.8 Å². The fourth-order valence-corrected chi connectivity index (χ4v) is 3.18. The molecular formula is C22H18N6O6. The maximum Gasteiger partial charge on any atom is 0.425 e. The Morgan fingerprint density at radius 3 is 2.56 bits per heavy atom. The van der Waals surface area contributed by atoms with Crippen LogP contribution in [0.2, 0.25) is 0 Å². The molecule has 3 amide bonds. The van der Waals surface area contributed by atoms with Gasteiger partial charge in [0.25, 0.3) is 11.8 Å². The fraction of sp³-hybridized carbons (Fsp3) is 0.0455. The van der Waals surface area contributed by atoms with Crippen LogP contribution < -0.4 is 21.0 Å². The van der Waals surface area contributed by atoms with Gasteiger partial charge in [-0.05, 0) is 42.0 Å². The van der Waals surface area contributed by atoms with Crippen LogP contribution in [0.4, 0.5) is 4.79 Å². The minimum absolute atomic E-state index is 0.190. The van der Waals surface area contributed by atoms with E-state index >= 15 is 0 Å². The first-order valence-electron chi connectivity index (χ1n) is 9.80. The van der Waals surface area contributed by atoms with Gasteiger partial charge in [0.15, 0.2) is 11.5 Å². The van der Waals surface area contributed by atoms with E-state index in [0.717, 1.165) is 4.79 Å². The molecule has 3 aromatic heterocycles. The van der Waals surface area contributed by atoms with Crippen LogP contribution in [0.15, 0.2) is 71.6 Å². The smallest absolute Gasteiger partial charge is 0.425 e. The van der Waals surface area contributed by atoms with Crippen molar-refractivity contribution >= 4 is 17.9 Å². The topological polar surface area (TPSA) is 161 Å². The van der Waals surface area contributed by atoms with E-state index in [9.17, 15) is 19.5 Å². The molecule has 12 nitrogen and oxygen atoms in total. The zero-order valence-corrected chi connectivity index (χ0v) is 17.7. The summed E-state index contributed by atoms with van der Waals surface area (Å²) in [6, 6.07) is 13.1. The van der Waals surface area contributed by atoms with Gasteiger partial charge in [0.2, 0.25) is 0 Å². The van der Waals surface area contributed by atoms with Gasteiger partial charge in [-0.15, -0.1) is 5.10 Å². The number of hydrogen-bond acceptors (Lipinski definition) is 7. The molecule has 4 rings (SSSR count). The summed E-state index contributed by atoms with van der Waals surface area (Å²) in [5.41, 5.74) is 7.57. The van der Waals surface area contributed by atoms with Crippen molar-refractivity contribution in [2.45, 2.75) is 0 Å². The molecule has 0 spiro atoms. The van der Waals surface area contributed by atoms with Gasteiger partial charge >= 0.3 is 6.09 Å². The number of hydrogen-bond donors (Lipinski definition) is 4. The number of hydrazine groups is 1. The minimum Gasteiger partial charge on any atom is -0.497 e. The molecule has 34 heavy (non-hydrogen) atoms. The first kappa shape index (κ1) is 22.1. The van der Waals surface area contributed by atoms with Crippen molar-refractivity contribution in [3.63, 3.8) is 0 Å². The van der Waals surface area contributed by atoms with E-state index in [0.29, 0.717) is 11.3 Å². The molecule has 4 aromatic rings. The largest absolute Gasteiger partial charge is 0.497 e. The number of pyridine rings is 1. The summed E-state index contributed by atoms with van der Waals surface area (Å²) in [6.07, 6.45) is 2.79. The van der Waals surface area contributed by atoms with Crippen LogP contribution in [0.25, 0.3) is 22.6 Å². The predicted molar refractivity (Wildman–Crippen MR) is 118 cm³/mol. The fourth-order valence-electron chi connectivity index (χ4n) is 3.18. The Bertz CT molecular complexity index is 1330. The summed E-state index contributed by atoms with van der Waals surface area (Å²) < 4.78 is 10.7. The highest BCUT2D eigenvalue weighted by molar-refractivity contribution is 6.04. The van der Waals surface area contributed by atoms with Crippen molar-refractivity contribution in [3.8, 4) is 28.3 Å². The second kappa shape index (κ2) is 9.56. The number of carbonyl (C=O) groups is 3. The molecule has 172 valence electrons. The molecule has 0 saturated carbocycles. The number of methoxy groups -OCH3 is 1. The summed E-state index contributed by atoms with van der Waals surface area (Å²) in [5.74, 6) is -0.669. The van der Waals surface area contributed by atoms with Gasteiger partial charge in [0, 0.05) is 18.0 Å². The number of carboxylic acid groups (broad SMARTS) is 1. The van der Waals surface area contributed by atoms with Crippen LogP contribution in [0.1, 0.15) is 20.8 Å². The molecule has 0 bridgehead atoms. The molecule has 12 heteroatoms.